The summed E-state index contributed by atoms with van der Waals surface area (Å²) in [7, 11) is 1.67. The number of nitrogens with two attached hydrogens (primary N) is 1. The van der Waals surface area contributed by atoms with Crippen molar-refractivity contribution in [1.29, 1.82) is 0 Å². The van der Waals surface area contributed by atoms with Crippen LogP contribution >= 0.6 is 0 Å². The van der Waals surface area contributed by atoms with Crippen LogP contribution in [0.25, 0.3) is 0 Å². The average molecular weight is 193 g/mol. The molecule has 0 aliphatic carbocycles. The highest BCUT2D eigenvalue weighted by molar-refractivity contribution is 5.38. The van der Waals surface area contributed by atoms with Gasteiger partial charge in [0.2, 0.25) is 0 Å². The lowest BCUT2D eigenvalue weighted by molar-refractivity contribution is 0.131. The molecular weight excluding hydrogens is 178 g/mol. The van der Waals surface area contributed by atoms with Crippen LogP contribution in [0.3, 0.4) is 0 Å². The zero-order valence-electron chi connectivity index (χ0n) is 8.32. The molecule has 0 aromatic heterocycles. The normalized spacial score (nSPS) is 21.1. The van der Waals surface area contributed by atoms with Gasteiger partial charge in [0.25, 0.3) is 0 Å². The Morgan fingerprint density at radius 3 is 3.14 bits per heavy atom. The molecule has 2 N–H and O–H groups in total. The van der Waals surface area contributed by atoms with E-state index in [9.17, 15) is 0 Å². The van der Waals surface area contributed by atoms with Crippen molar-refractivity contribution in [3.05, 3.63) is 29.3 Å². The molecular formula is C11H15NO2. The molecule has 1 aromatic rings. The number of ether oxygens (including phenoxy) is 2. The molecule has 1 aromatic carbocycles. The summed E-state index contributed by atoms with van der Waals surface area (Å²) in [5.74, 6) is 0.862. The standard InChI is InChI=1S/C11H15NO2/c1-13-9-3-2-8-4-5-14-7-11(12)10(8)6-9/h2-3,6,11H,4-5,7,12H2,1H3. The van der Waals surface area contributed by atoms with Crippen molar-refractivity contribution in [3.8, 4) is 5.75 Å². The Morgan fingerprint density at radius 1 is 1.50 bits per heavy atom. The van der Waals surface area contributed by atoms with E-state index in [4.69, 9.17) is 15.2 Å². The van der Waals surface area contributed by atoms with Crippen LogP contribution < -0.4 is 10.5 Å². The van der Waals surface area contributed by atoms with E-state index in [0.29, 0.717) is 6.61 Å². The van der Waals surface area contributed by atoms with Gasteiger partial charge in [0.05, 0.1) is 26.4 Å². The van der Waals surface area contributed by atoms with E-state index in [2.05, 4.69) is 6.07 Å². The maximum absolute atomic E-state index is 5.99. The molecule has 0 amide bonds. The van der Waals surface area contributed by atoms with E-state index in [1.165, 1.54) is 5.56 Å². The SMILES string of the molecule is COc1ccc2c(c1)C(N)COCC2. The summed E-state index contributed by atoms with van der Waals surface area (Å²) in [6.07, 6.45) is 0.938. The second kappa shape index (κ2) is 3.98. The highest BCUT2D eigenvalue weighted by Crippen LogP contribution is 2.25. The molecule has 1 aliphatic rings. The Labute approximate surface area is 83.8 Å². The first-order valence-corrected chi connectivity index (χ1v) is 4.81. The van der Waals surface area contributed by atoms with Crippen LogP contribution in [0.2, 0.25) is 0 Å². The van der Waals surface area contributed by atoms with Gasteiger partial charge in [0.15, 0.2) is 0 Å². The fourth-order valence-corrected chi connectivity index (χ4v) is 1.76. The molecule has 1 heterocycles. The lowest BCUT2D eigenvalue weighted by Crippen LogP contribution is -2.15. The van der Waals surface area contributed by atoms with Crippen LogP contribution in [0, 0.1) is 0 Å². The van der Waals surface area contributed by atoms with Crippen LogP contribution in [0.4, 0.5) is 0 Å². The van der Waals surface area contributed by atoms with E-state index in [1.54, 1.807) is 7.11 Å². The van der Waals surface area contributed by atoms with Crippen LogP contribution in [0.5, 0.6) is 5.75 Å². The first-order valence-electron chi connectivity index (χ1n) is 4.81. The average Bonchev–Trinajstić information content (AvgIpc) is 2.40. The zero-order valence-corrected chi connectivity index (χ0v) is 8.32. The third kappa shape index (κ3) is 1.74. The molecule has 2 rings (SSSR count). The van der Waals surface area contributed by atoms with Gasteiger partial charge in [0.1, 0.15) is 5.75 Å². The van der Waals surface area contributed by atoms with Crippen molar-refractivity contribution in [2.45, 2.75) is 12.5 Å². The monoisotopic (exact) mass is 193 g/mol. The molecule has 3 nitrogen and oxygen atoms in total. The quantitative estimate of drug-likeness (QED) is 0.730. The van der Waals surface area contributed by atoms with Crippen LogP contribution in [-0.4, -0.2) is 20.3 Å². The minimum Gasteiger partial charge on any atom is -0.497 e. The maximum Gasteiger partial charge on any atom is 0.119 e. The van der Waals surface area contributed by atoms with Gasteiger partial charge < -0.3 is 15.2 Å². The number of benzene rings is 1. The third-order valence-corrected chi connectivity index (χ3v) is 2.57. The Balaban J connectivity index is 2.39. The largest absolute Gasteiger partial charge is 0.497 e. The van der Waals surface area contributed by atoms with Crippen molar-refractivity contribution in [2.24, 2.45) is 5.73 Å². The molecule has 14 heavy (non-hydrogen) atoms. The van der Waals surface area contributed by atoms with Crippen LogP contribution in [-0.2, 0) is 11.2 Å². The third-order valence-electron chi connectivity index (χ3n) is 2.57. The molecule has 0 saturated heterocycles. The maximum atomic E-state index is 5.99. The predicted octanol–water partition coefficient (Wildman–Crippen LogP) is 1.27. The molecule has 0 bridgehead atoms. The summed E-state index contributed by atoms with van der Waals surface area (Å²) < 4.78 is 10.6. The first-order chi connectivity index (χ1) is 6.81. The summed E-state index contributed by atoms with van der Waals surface area (Å²) >= 11 is 0. The second-order valence-corrected chi connectivity index (χ2v) is 3.50. The van der Waals surface area contributed by atoms with Crippen molar-refractivity contribution in [2.75, 3.05) is 20.3 Å². The van der Waals surface area contributed by atoms with Crippen LogP contribution in [0.1, 0.15) is 17.2 Å². The highest BCUT2D eigenvalue weighted by atomic mass is 16.5. The summed E-state index contributed by atoms with van der Waals surface area (Å²) in [5, 5.41) is 0. The van der Waals surface area contributed by atoms with E-state index in [-0.39, 0.29) is 6.04 Å². The highest BCUT2D eigenvalue weighted by Gasteiger charge is 2.15. The number of fused-ring (bicyclic) bond motifs is 1. The molecule has 1 aliphatic heterocycles. The smallest absolute Gasteiger partial charge is 0.119 e. The summed E-state index contributed by atoms with van der Waals surface area (Å²) in [5.41, 5.74) is 8.42. The molecule has 0 spiro atoms. The molecule has 0 saturated carbocycles. The number of hydrogen-bond acceptors (Lipinski definition) is 3. The van der Waals surface area contributed by atoms with Gasteiger partial charge in [-0.05, 0) is 29.7 Å². The van der Waals surface area contributed by atoms with Gasteiger partial charge in [-0.2, -0.15) is 0 Å². The summed E-state index contributed by atoms with van der Waals surface area (Å²) in [6, 6.07) is 6.02. The Bertz CT molecular complexity index is 325. The topological polar surface area (TPSA) is 44.5 Å². The predicted molar refractivity (Wildman–Crippen MR) is 54.4 cm³/mol. The fraction of sp³-hybridized carbons (Fsp3) is 0.455. The van der Waals surface area contributed by atoms with Crippen LogP contribution in [0.15, 0.2) is 18.2 Å². The second-order valence-electron chi connectivity index (χ2n) is 3.50. The summed E-state index contributed by atoms with van der Waals surface area (Å²) in [6.45, 7) is 1.35. The van der Waals surface area contributed by atoms with Gasteiger partial charge in [-0.1, -0.05) is 6.07 Å². The Hall–Kier alpha value is -1.06. The number of hydrogen-bond donors (Lipinski definition) is 1. The van der Waals surface area contributed by atoms with Gasteiger partial charge in [-0.15, -0.1) is 0 Å². The van der Waals surface area contributed by atoms with Gasteiger partial charge >= 0.3 is 0 Å². The van der Waals surface area contributed by atoms with Crippen molar-refractivity contribution in [3.63, 3.8) is 0 Å². The minimum atomic E-state index is -0.0254. The van der Waals surface area contributed by atoms with Crippen molar-refractivity contribution in [1.82, 2.24) is 0 Å². The molecule has 1 unspecified atom stereocenters. The van der Waals surface area contributed by atoms with E-state index in [0.717, 1.165) is 24.3 Å². The summed E-state index contributed by atoms with van der Waals surface area (Å²) in [4.78, 5) is 0. The Morgan fingerprint density at radius 2 is 2.36 bits per heavy atom. The van der Waals surface area contributed by atoms with Gasteiger partial charge in [0, 0.05) is 0 Å². The molecule has 1 atom stereocenters. The molecule has 0 fully saturated rings. The van der Waals surface area contributed by atoms with Crippen molar-refractivity contribution >= 4 is 0 Å². The first kappa shape index (κ1) is 9.49. The van der Waals surface area contributed by atoms with E-state index in [1.807, 2.05) is 12.1 Å². The minimum absolute atomic E-state index is 0.0254. The van der Waals surface area contributed by atoms with Crippen molar-refractivity contribution < 1.29 is 9.47 Å². The Kier molecular flexibility index (Phi) is 2.70. The number of methoxy groups -OCH3 is 1. The lowest BCUT2D eigenvalue weighted by atomic mass is 10.00. The van der Waals surface area contributed by atoms with E-state index >= 15 is 0 Å². The fourth-order valence-electron chi connectivity index (χ4n) is 1.76. The van der Waals surface area contributed by atoms with Gasteiger partial charge in [-0.3, -0.25) is 0 Å². The molecule has 76 valence electrons. The van der Waals surface area contributed by atoms with E-state index < -0.39 is 0 Å². The lowest BCUT2D eigenvalue weighted by Gasteiger charge is -2.12. The number of rotatable bonds is 1. The zero-order chi connectivity index (χ0) is 9.97. The molecule has 3 heteroatoms. The molecule has 0 radical (unpaired) electrons. The van der Waals surface area contributed by atoms with Gasteiger partial charge in [-0.25, -0.2) is 0 Å².